The molecular formula is C12H17N5O4. The van der Waals surface area contributed by atoms with Crippen molar-refractivity contribution in [2.45, 2.75) is 6.54 Å². The Kier molecular flexibility index (Phi) is 6.61. The zero-order valence-corrected chi connectivity index (χ0v) is 11.5. The van der Waals surface area contributed by atoms with Crippen LogP contribution in [0.5, 0.6) is 0 Å². The van der Waals surface area contributed by atoms with Gasteiger partial charge in [0, 0.05) is 26.0 Å². The molecule has 0 radical (unpaired) electrons. The summed E-state index contributed by atoms with van der Waals surface area (Å²) in [4.78, 5) is 33.1. The van der Waals surface area contributed by atoms with Crippen molar-refractivity contribution in [1.29, 1.82) is 0 Å². The number of amides is 1. The summed E-state index contributed by atoms with van der Waals surface area (Å²) < 4.78 is 1.65. The molecule has 114 valence electrons. The molecule has 0 saturated heterocycles. The zero-order chi connectivity index (χ0) is 15.7. The second-order valence-corrected chi connectivity index (χ2v) is 3.98. The van der Waals surface area contributed by atoms with Gasteiger partial charge in [0.25, 0.3) is 12.4 Å². The average Bonchev–Trinajstić information content (AvgIpc) is 3.10. The average molecular weight is 295 g/mol. The molecule has 2 aromatic rings. The lowest BCUT2D eigenvalue weighted by Crippen LogP contribution is -2.34. The molecule has 2 heterocycles. The normalized spacial score (nSPS) is 9.62. The maximum Gasteiger partial charge on any atom is 0.290 e. The van der Waals surface area contributed by atoms with E-state index < -0.39 is 0 Å². The van der Waals surface area contributed by atoms with E-state index in [2.05, 4.69) is 15.0 Å². The number of rotatable bonds is 5. The maximum absolute atomic E-state index is 12.3. The summed E-state index contributed by atoms with van der Waals surface area (Å²) in [7, 11) is 1.75. The number of hydrogen-bond donors (Lipinski definition) is 3. The van der Waals surface area contributed by atoms with Crippen LogP contribution >= 0.6 is 0 Å². The van der Waals surface area contributed by atoms with E-state index in [1.54, 1.807) is 30.3 Å². The Balaban J connectivity index is 0.000000677. The molecule has 9 heteroatoms. The predicted octanol–water partition coefficient (Wildman–Crippen LogP) is -0.521. The van der Waals surface area contributed by atoms with E-state index in [9.17, 15) is 4.79 Å². The van der Waals surface area contributed by atoms with Gasteiger partial charge in [0.2, 0.25) is 0 Å². The molecule has 2 aromatic heterocycles. The minimum Gasteiger partial charge on any atom is -0.483 e. The molecule has 0 spiro atoms. The third kappa shape index (κ3) is 4.73. The first kappa shape index (κ1) is 16.4. The number of carbonyl (C=O) groups excluding carboxylic acids is 1. The van der Waals surface area contributed by atoms with Gasteiger partial charge in [0.05, 0.1) is 25.7 Å². The number of carboxylic acid groups (broad SMARTS) is 1. The molecule has 0 aliphatic carbocycles. The standard InChI is InChI=1S/C11H15N5O2.CH2O2/c1-15-8-12-6-9(15)11(18)16(4-5-17)7-10-13-2-3-14-10;2-1-3/h2-3,6,8,17H,4-5,7H2,1H3,(H,13,14);1H,(H,2,3). The molecule has 2 rings (SSSR count). The van der Waals surface area contributed by atoms with Gasteiger partial charge < -0.3 is 24.7 Å². The van der Waals surface area contributed by atoms with Crippen molar-refractivity contribution in [2.75, 3.05) is 13.2 Å². The molecule has 0 aliphatic rings. The number of imidazole rings is 2. The minimum atomic E-state index is -0.250. The molecular weight excluding hydrogens is 278 g/mol. The lowest BCUT2D eigenvalue weighted by molar-refractivity contribution is -0.122. The van der Waals surface area contributed by atoms with Gasteiger partial charge in [-0.05, 0) is 0 Å². The lowest BCUT2D eigenvalue weighted by Gasteiger charge is -2.20. The first-order valence-corrected chi connectivity index (χ1v) is 6.06. The van der Waals surface area contributed by atoms with Crippen LogP contribution in [0.1, 0.15) is 16.3 Å². The van der Waals surface area contributed by atoms with Crippen molar-refractivity contribution in [1.82, 2.24) is 24.4 Å². The second-order valence-electron chi connectivity index (χ2n) is 3.98. The van der Waals surface area contributed by atoms with Gasteiger partial charge >= 0.3 is 0 Å². The van der Waals surface area contributed by atoms with Gasteiger partial charge in [0.15, 0.2) is 0 Å². The van der Waals surface area contributed by atoms with Gasteiger partial charge in [-0.3, -0.25) is 9.59 Å². The van der Waals surface area contributed by atoms with E-state index in [0.717, 1.165) is 0 Å². The molecule has 0 fully saturated rings. The quantitative estimate of drug-likeness (QED) is 0.637. The fourth-order valence-corrected chi connectivity index (χ4v) is 1.66. The molecule has 0 atom stereocenters. The van der Waals surface area contributed by atoms with Gasteiger partial charge in [-0.15, -0.1) is 0 Å². The summed E-state index contributed by atoms with van der Waals surface area (Å²) in [5, 5.41) is 15.9. The highest BCUT2D eigenvalue weighted by Crippen LogP contribution is 2.06. The SMILES string of the molecule is Cn1cncc1C(=O)N(CCO)Cc1ncc[nH]1.O=CO. The van der Waals surface area contributed by atoms with Crippen LogP contribution in [0.2, 0.25) is 0 Å². The van der Waals surface area contributed by atoms with E-state index in [0.29, 0.717) is 18.1 Å². The van der Waals surface area contributed by atoms with Crippen LogP contribution in [0.3, 0.4) is 0 Å². The lowest BCUT2D eigenvalue weighted by atomic mass is 10.3. The maximum atomic E-state index is 12.3. The smallest absolute Gasteiger partial charge is 0.290 e. The third-order valence-corrected chi connectivity index (χ3v) is 2.59. The van der Waals surface area contributed by atoms with Crippen molar-refractivity contribution in [3.05, 3.63) is 36.4 Å². The van der Waals surface area contributed by atoms with E-state index in [1.807, 2.05) is 0 Å². The Morgan fingerprint density at radius 3 is 2.76 bits per heavy atom. The van der Waals surface area contributed by atoms with Crippen LogP contribution in [-0.2, 0) is 18.4 Å². The molecule has 3 N–H and O–H groups in total. The monoisotopic (exact) mass is 295 g/mol. The molecule has 0 aromatic carbocycles. The van der Waals surface area contributed by atoms with Crippen LogP contribution in [-0.4, -0.2) is 60.2 Å². The Morgan fingerprint density at radius 2 is 2.29 bits per heavy atom. The summed E-state index contributed by atoms with van der Waals surface area (Å²) in [5.41, 5.74) is 0.481. The highest BCUT2D eigenvalue weighted by molar-refractivity contribution is 5.92. The van der Waals surface area contributed by atoms with Crippen molar-refractivity contribution >= 4 is 12.4 Å². The van der Waals surface area contributed by atoms with E-state index in [-0.39, 0.29) is 25.5 Å². The van der Waals surface area contributed by atoms with E-state index >= 15 is 0 Å². The second kappa shape index (κ2) is 8.48. The van der Waals surface area contributed by atoms with Gasteiger partial charge in [-0.2, -0.15) is 0 Å². The number of aliphatic hydroxyl groups excluding tert-OH is 1. The number of aromatic amines is 1. The number of aryl methyl sites for hydroxylation is 1. The summed E-state index contributed by atoms with van der Waals surface area (Å²) in [5.74, 6) is 0.499. The highest BCUT2D eigenvalue weighted by atomic mass is 16.3. The van der Waals surface area contributed by atoms with Gasteiger partial charge in [0.1, 0.15) is 11.5 Å². The summed E-state index contributed by atoms with van der Waals surface area (Å²) in [6.45, 7) is 0.243. The van der Waals surface area contributed by atoms with Crippen molar-refractivity contribution < 1.29 is 19.8 Å². The van der Waals surface area contributed by atoms with Crippen molar-refractivity contribution in [3.8, 4) is 0 Å². The first-order chi connectivity index (χ1) is 10.1. The number of aliphatic hydroxyl groups is 1. The zero-order valence-electron chi connectivity index (χ0n) is 11.5. The van der Waals surface area contributed by atoms with Crippen LogP contribution in [0.25, 0.3) is 0 Å². The molecule has 0 aliphatic heterocycles. The van der Waals surface area contributed by atoms with Crippen LogP contribution < -0.4 is 0 Å². The summed E-state index contributed by atoms with van der Waals surface area (Å²) in [6, 6.07) is 0. The number of hydrogen-bond acceptors (Lipinski definition) is 5. The number of carbonyl (C=O) groups is 2. The van der Waals surface area contributed by atoms with Crippen molar-refractivity contribution in [3.63, 3.8) is 0 Å². The number of H-pyrrole nitrogens is 1. The molecule has 0 saturated carbocycles. The summed E-state index contributed by atoms with van der Waals surface area (Å²) in [6.07, 6.45) is 6.40. The molecule has 0 bridgehead atoms. The number of nitrogens with one attached hydrogen (secondary N) is 1. The molecule has 1 amide bonds. The summed E-state index contributed by atoms with van der Waals surface area (Å²) >= 11 is 0. The fourth-order valence-electron chi connectivity index (χ4n) is 1.66. The Labute approximate surface area is 120 Å². The van der Waals surface area contributed by atoms with E-state index in [1.165, 1.54) is 11.1 Å². The topological polar surface area (TPSA) is 124 Å². The minimum absolute atomic E-state index is 0.0930. The first-order valence-electron chi connectivity index (χ1n) is 6.06. The van der Waals surface area contributed by atoms with Crippen LogP contribution in [0.15, 0.2) is 24.9 Å². The Hall–Kier alpha value is -2.68. The third-order valence-electron chi connectivity index (χ3n) is 2.59. The van der Waals surface area contributed by atoms with Gasteiger partial charge in [-0.25, -0.2) is 9.97 Å². The van der Waals surface area contributed by atoms with Crippen molar-refractivity contribution in [2.24, 2.45) is 7.05 Å². The largest absolute Gasteiger partial charge is 0.483 e. The highest BCUT2D eigenvalue weighted by Gasteiger charge is 2.19. The predicted molar refractivity (Wildman–Crippen MR) is 72.3 cm³/mol. The Bertz CT molecular complexity index is 552. The van der Waals surface area contributed by atoms with E-state index in [4.69, 9.17) is 15.0 Å². The molecule has 21 heavy (non-hydrogen) atoms. The number of nitrogens with zero attached hydrogens (tertiary/aromatic N) is 4. The van der Waals surface area contributed by atoms with Crippen LogP contribution in [0, 0.1) is 0 Å². The van der Waals surface area contributed by atoms with Crippen LogP contribution in [0.4, 0.5) is 0 Å². The van der Waals surface area contributed by atoms with Gasteiger partial charge in [-0.1, -0.05) is 0 Å². The molecule has 9 nitrogen and oxygen atoms in total. The Morgan fingerprint density at radius 1 is 1.57 bits per heavy atom. The molecule has 0 unspecified atom stereocenters. The number of aromatic nitrogens is 4. The fraction of sp³-hybridized carbons (Fsp3) is 0.333.